The average molecular weight is 467 g/mol. The summed E-state index contributed by atoms with van der Waals surface area (Å²) >= 11 is 0. The fourth-order valence-corrected chi connectivity index (χ4v) is 4.59. The maximum Gasteiger partial charge on any atom is 0.257 e. The van der Waals surface area contributed by atoms with Crippen LogP contribution in [0.3, 0.4) is 0 Å². The average Bonchev–Trinajstić information content (AvgIpc) is 3.22. The van der Waals surface area contributed by atoms with E-state index in [0.717, 1.165) is 47.2 Å². The van der Waals surface area contributed by atoms with E-state index >= 15 is 0 Å². The highest BCUT2D eigenvalue weighted by molar-refractivity contribution is 5.96. The molecule has 0 aliphatic carbocycles. The molecule has 6 heteroatoms. The quantitative estimate of drug-likeness (QED) is 0.400. The van der Waals surface area contributed by atoms with Gasteiger partial charge in [-0.1, -0.05) is 48.5 Å². The number of ether oxygens (including phenoxy) is 1. The lowest BCUT2D eigenvalue weighted by atomic mass is 10.1. The number of nitrogens with zero attached hydrogens (tertiary/aromatic N) is 4. The molecule has 1 aliphatic heterocycles. The predicted molar refractivity (Wildman–Crippen MR) is 138 cm³/mol. The molecule has 0 saturated carbocycles. The number of carbonyl (C=O) groups excluding carboxylic acids is 1. The van der Waals surface area contributed by atoms with Gasteiger partial charge < -0.3 is 14.5 Å². The summed E-state index contributed by atoms with van der Waals surface area (Å²) in [5, 5.41) is 4.65. The summed E-state index contributed by atoms with van der Waals surface area (Å²) in [5.41, 5.74) is 5.62. The van der Waals surface area contributed by atoms with Crippen molar-refractivity contribution in [3.63, 3.8) is 0 Å². The molecule has 5 rings (SSSR count). The van der Waals surface area contributed by atoms with Crippen molar-refractivity contribution in [2.45, 2.75) is 20.5 Å². The number of rotatable bonds is 6. The van der Waals surface area contributed by atoms with Crippen LogP contribution in [-0.2, 0) is 6.61 Å². The Morgan fingerprint density at radius 2 is 1.43 bits per heavy atom. The van der Waals surface area contributed by atoms with Crippen LogP contribution in [0, 0.1) is 13.8 Å². The second kappa shape index (κ2) is 10.1. The summed E-state index contributed by atoms with van der Waals surface area (Å²) in [7, 11) is 0. The lowest BCUT2D eigenvalue weighted by Crippen LogP contribution is -2.49. The third-order valence-electron chi connectivity index (χ3n) is 6.52. The van der Waals surface area contributed by atoms with E-state index in [0.29, 0.717) is 25.3 Å². The van der Waals surface area contributed by atoms with Crippen molar-refractivity contribution in [1.29, 1.82) is 0 Å². The molecule has 178 valence electrons. The number of anilines is 1. The first-order valence-corrected chi connectivity index (χ1v) is 12.0. The molecule has 0 radical (unpaired) electrons. The highest BCUT2D eigenvalue weighted by atomic mass is 16.5. The van der Waals surface area contributed by atoms with Gasteiger partial charge in [0.1, 0.15) is 12.4 Å². The van der Waals surface area contributed by atoms with Crippen LogP contribution in [0.15, 0.2) is 84.9 Å². The van der Waals surface area contributed by atoms with E-state index in [1.807, 2.05) is 84.1 Å². The monoisotopic (exact) mass is 466 g/mol. The van der Waals surface area contributed by atoms with Gasteiger partial charge in [0, 0.05) is 31.9 Å². The molecule has 0 spiro atoms. The minimum absolute atomic E-state index is 0.0616. The van der Waals surface area contributed by atoms with Crippen molar-refractivity contribution >= 4 is 11.6 Å². The predicted octanol–water partition coefficient (Wildman–Crippen LogP) is 5.03. The first-order valence-electron chi connectivity index (χ1n) is 12.0. The summed E-state index contributed by atoms with van der Waals surface area (Å²) < 4.78 is 7.77. The number of carbonyl (C=O) groups is 1. The molecule has 0 N–H and O–H groups in total. The van der Waals surface area contributed by atoms with E-state index in [9.17, 15) is 4.79 Å². The Kier molecular flexibility index (Phi) is 6.53. The first-order chi connectivity index (χ1) is 17.1. The molecule has 1 aromatic heterocycles. The molecule has 1 fully saturated rings. The SMILES string of the molecule is Cc1nn(-c2ccccc2)c(C)c1C(=O)N1CCN(c2ccc(OCc3ccccc3)cc2)CC1. The van der Waals surface area contributed by atoms with E-state index in [2.05, 4.69) is 34.3 Å². The number of hydrogen-bond donors (Lipinski definition) is 0. The number of para-hydroxylation sites is 1. The Morgan fingerprint density at radius 3 is 2.09 bits per heavy atom. The largest absolute Gasteiger partial charge is 0.489 e. The van der Waals surface area contributed by atoms with Gasteiger partial charge in [0.15, 0.2) is 0 Å². The van der Waals surface area contributed by atoms with E-state index in [1.165, 1.54) is 0 Å². The third-order valence-corrected chi connectivity index (χ3v) is 6.52. The second-order valence-corrected chi connectivity index (χ2v) is 8.84. The van der Waals surface area contributed by atoms with Gasteiger partial charge in [0.2, 0.25) is 0 Å². The minimum atomic E-state index is 0.0616. The molecule has 0 unspecified atom stereocenters. The maximum atomic E-state index is 13.4. The number of amides is 1. The van der Waals surface area contributed by atoms with Crippen molar-refractivity contribution in [2.24, 2.45) is 0 Å². The molecule has 4 aromatic rings. The van der Waals surface area contributed by atoms with Gasteiger partial charge in [0.05, 0.1) is 22.6 Å². The summed E-state index contributed by atoms with van der Waals surface area (Å²) in [5.74, 6) is 0.916. The molecule has 1 amide bonds. The topological polar surface area (TPSA) is 50.6 Å². The Labute approximate surface area is 206 Å². The molecule has 0 bridgehead atoms. The summed E-state index contributed by atoms with van der Waals surface area (Å²) in [4.78, 5) is 17.7. The minimum Gasteiger partial charge on any atom is -0.489 e. The highest BCUT2D eigenvalue weighted by Crippen LogP contribution is 2.24. The summed E-state index contributed by atoms with van der Waals surface area (Å²) in [6.07, 6.45) is 0. The van der Waals surface area contributed by atoms with E-state index < -0.39 is 0 Å². The van der Waals surface area contributed by atoms with Crippen LogP contribution in [-0.4, -0.2) is 46.8 Å². The Hall–Kier alpha value is -4.06. The number of piperazine rings is 1. The maximum absolute atomic E-state index is 13.4. The van der Waals surface area contributed by atoms with Gasteiger partial charge in [-0.25, -0.2) is 4.68 Å². The van der Waals surface area contributed by atoms with Gasteiger partial charge in [-0.05, 0) is 55.8 Å². The third kappa shape index (κ3) is 4.92. The van der Waals surface area contributed by atoms with Gasteiger partial charge >= 0.3 is 0 Å². The van der Waals surface area contributed by atoms with Gasteiger partial charge in [-0.3, -0.25) is 4.79 Å². The first kappa shape index (κ1) is 22.7. The molecule has 0 atom stereocenters. The molecule has 3 aromatic carbocycles. The lowest BCUT2D eigenvalue weighted by Gasteiger charge is -2.36. The molecule has 2 heterocycles. The van der Waals surface area contributed by atoms with Crippen LogP contribution in [0.1, 0.15) is 27.3 Å². The normalized spacial score (nSPS) is 13.7. The van der Waals surface area contributed by atoms with Crippen molar-refractivity contribution in [1.82, 2.24) is 14.7 Å². The van der Waals surface area contributed by atoms with Crippen LogP contribution >= 0.6 is 0 Å². The van der Waals surface area contributed by atoms with Crippen molar-refractivity contribution in [2.75, 3.05) is 31.1 Å². The molecule has 1 aliphatic rings. The van der Waals surface area contributed by atoms with Crippen LogP contribution in [0.25, 0.3) is 5.69 Å². The van der Waals surface area contributed by atoms with Crippen LogP contribution < -0.4 is 9.64 Å². The van der Waals surface area contributed by atoms with E-state index in [4.69, 9.17) is 4.74 Å². The van der Waals surface area contributed by atoms with E-state index in [-0.39, 0.29) is 5.91 Å². The zero-order chi connectivity index (χ0) is 24.2. The fraction of sp³-hybridized carbons (Fsp3) is 0.241. The van der Waals surface area contributed by atoms with Crippen molar-refractivity contribution in [3.8, 4) is 11.4 Å². The molecular weight excluding hydrogens is 436 g/mol. The van der Waals surface area contributed by atoms with Crippen molar-refractivity contribution < 1.29 is 9.53 Å². The number of benzene rings is 3. The zero-order valence-electron chi connectivity index (χ0n) is 20.2. The molecule has 6 nitrogen and oxygen atoms in total. The van der Waals surface area contributed by atoms with E-state index in [1.54, 1.807) is 0 Å². The fourth-order valence-electron chi connectivity index (χ4n) is 4.59. The zero-order valence-corrected chi connectivity index (χ0v) is 20.2. The standard InChI is InChI=1S/C29H30N4O2/c1-22-28(23(2)33(30-22)26-11-7-4-8-12-26)29(34)32-19-17-31(18-20-32)25-13-15-27(16-14-25)35-21-24-9-5-3-6-10-24/h3-16H,17-21H2,1-2H3. The van der Waals surface area contributed by atoms with Crippen LogP contribution in [0.5, 0.6) is 5.75 Å². The number of hydrogen-bond acceptors (Lipinski definition) is 4. The summed E-state index contributed by atoms with van der Waals surface area (Å²) in [6.45, 7) is 7.39. The number of aromatic nitrogens is 2. The van der Waals surface area contributed by atoms with Crippen molar-refractivity contribution in [3.05, 3.63) is 107 Å². The summed E-state index contributed by atoms with van der Waals surface area (Å²) in [6, 6.07) is 28.3. The van der Waals surface area contributed by atoms with Gasteiger partial charge in [-0.15, -0.1) is 0 Å². The lowest BCUT2D eigenvalue weighted by molar-refractivity contribution is 0.0745. The Morgan fingerprint density at radius 1 is 0.800 bits per heavy atom. The Bertz CT molecular complexity index is 1280. The highest BCUT2D eigenvalue weighted by Gasteiger charge is 2.27. The second-order valence-electron chi connectivity index (χ2n) is 8.84. The molecule has 35 heavy (non-hydrogen) atoms. The van der Waals surface area contributed by atoms with Crippen LogP contribution in [0.2, 0.25) is 0 Å². The number of aryl methyl sites for hydroxylation is 1. The molecule has 1 saturated heterocycles. The molecular formula is C29H30N4O2. The Balaban J connectivity index is 1.20. The van der Waals surface area contributed by atoms with Gasteiger partial charge in [0.25, 0.3) is 5.91 Å². The van der Waals surface area contributed by atoms with Gasteiger partial charge in [-0.2, -0.15) is 5.10 Å². The van der Waals surface area contributed by atoms with Crippen LogP contribution in [0.4, 0.5) is 5.69 Å². The smallest absolute Gasteiger partial charge is 0.257 e.